The van der Waals surface area contributed by atoms with Gasteiger partial charge >= 0.3 is 0 Å². The van der Waals surface area contributed by atoms with E-state index < -0.39 is 0 Å². The Hall–Kier alpha value is -0.610. The molecule has 1 amide bonds. The molecule has 2 aliphatic rings. The zero-order valence-corrected chi connectivity index (χ0v) is 11.8. The normalized spacial score (nSPS) is 25.2. The maximum Gasteiger partial charge on any atom is 0.234 e. The maximum absolute atomic E-state index is 11.9. The predicted octanol–water partition coefficient (Wildman–Crippen LogP) is 1.12. The van der Waals surface area contributed by atoms with E-state index in [-0.39, 0.29) is 11.4 Å². The van der Waals surface area contributed by atoms with Gasteiger partial charge in [-0.05, 0) is 39.7 Å². The van der Waals surface area contributed by atoms with Crippen molar-refractivity contribution in [3.63, 3.8) is 0 Å². The first-order valence-corrected chi connectivity index (χ1v) is 7.32. The standard InChI is InChI=1S/C14H27N3O/c1-14(15-2)7-9-17(10-8-14)11-13(18)16-12-5-3-4-6-12/h12,15H,3-11H2,1-2H3,(H,16,18). The van der Waals surface area contributed by atoms with E-state index in [9.17, 15) is 4.79 Å². The average molecular weight is 253 g/mol. The fourth-order valence-electron chi connectivity index (χ4n) is 3.00. The van der Waals surface area contributed by atoms with Crippen LogP contribution in [0.25, 0.3) is 0 Å². The molecule has 104 valence electrons. The van der Waals surface area contributed by atoms with Crippen LogP contribution in [-0.2, 0) is 4.79 Å². The molecule has 1 saturated heterocycles. The molecule has 4 heteroatoms. The first-order valence-electron chi connectivity index (χ1n) is 7.32. The second kappa shape index (κ2) is 6.02. The van der Waals surface area contributed by atoms with Crippen molar-refractivity contribution in [2.24, 2.45) is 0 Å². The molecule has 1 aliphatic carbocycles. The van der Waals surface area contributed by atoms with E-state index in [0.29, 0.717) is 12.6 Å². The monoisotopic (exact) mass is 253 g/mol. The first kappa shape index (κ1) is 13.8. The van der Waals surface area contributed by atoms with Gasteiger partial charge in [0.2, 0.25) is 5.91 Å². The van der Waals surface area contributed by atoms with Crippen molar-refractivity contribution in [2.45, 2.75) is 57.0 Å². The van der Waals surface area contributed by atoms with Crippen LogP contribution in [0.5, 0.6) is 0 Å². The summed E-state index contributed by atoms with van der Waals surface area (Å²) in [7, 11) is 2.03. The quantitative estimate of drug-likeness (QED) is 0.789. The molecule has 0 aromatic heterocycles. The molecule has 0 aromatic carbocycles. The Bertz CT molecular complexity index is 279. The average Bonchev–Trinajstić information content (AvgIpc) is 2.85. The summed E-state index contributed by atoms with van der Waals surface area (Å²) in [6.45, 7) is 4.89. The fraction of sp³-hybridized carbons (Fsp3) is 0.929. The number of rotatable bonds is 4. The summed E-state index contributed by atoms with van der Waals surface area (Å²) in [5, 5.41) is 6.55. The third kappa shape index (κ3) is 3.69. The van der Waals surface area contributed by atoms with Crippen LogP contribution >= 0.6 is 0 Å². The molecule has 0 bridgehead atoms. The van der Waals surface area contributed by atoms with E-state index in [1.807, 2.05) is 7.05 Å². The molecule has 0 aromatic rings. The van der Waals surface area contributed by atoms with Crippen LogP contribution in [0.15, 0.2) is 0 Å². The minimum atomic E-state index is 0.218. The van der Waals surface area contributed by atoms with E-state index >= 15 is 0 Å². The van der Waals surface area contributed by atoms with Crippen LogP contribution < -0.4 is 10.6 Å². The Morgan fingerprint density at radius 2 is 1.89 bits per heavy atom. The number of piperidine rings is 1. The second-order valence-electron chi connectivity index (χ2n) is 6.14. The van der Waals surface area contributed by atoms with Crippen LogP contribution in [0, 0.1) is 0 Å². The molecule has 4 nitrogen and oxygen atoms in total. The summed E-state index contributed by atoms with van der Waals surface area (Å²) in [5.41, 5.74) is 0.262. The molecule has 0 radical (unpaired) electrons. The van der Waals surface area contributed by atoms with Crippen LogP contribution in [0.2, 0.25) is 0 Å². The molecule has 1 aliphatic heterocycles. The number of likely N-dealkylation sites (tertiary alicyclic amines) is 1. The van der Waals surface area contributed by atoms with Crippen LogP contribution in [0.1, 0.15) is 45.4 Å². The number of nitrogens with one attached hydrogen (secondary N) is 2. The molecule has 18 heavy (non-hydrogen) atoms. The summed E-state index contributed by atoms with van der Waals surface area (Å²) in [4.78, 5) is 14.2. The van der Waals surface area contributed by atoms with Gasteiger partial charge < -0.3 is 10.6 Å². The molecule has 1 heterocycles. The predicted molar refractivity (Wildman–Crippen MR) is 73.5 cm³/mol. The van der Waals surface area contributed by atoms with E-state index in [4.69, 9.17) is 0 Å². The van der Waals surface area contributed by atoms with Crippen molar-refractivity contribution in [3.8, 4) is 0 Å². The Morgan fingerprint density at radius 3 is 2.44 bits per heavy atom. The molecular weight excluding hydrogens is 226 g/mol. The van der Waals surface area contributed by atoms with Crippen LogP contribution in [0.3, 0.4) is 0 Å². The van der Waals surface area contributed by atoms with Crippen molar-refractivity contribution in [1.29, 1.82) is 0 Å². The van der Waals surface area contributed by atoms with Gasteiger partial charge in [0.05, 0.1) is 6.54 Å². The van der Waals surface area contributed by atoms with Crippen molar-refractivity contribution in [3.05, 3.63) is 0 Å². The van der Waals surface area contributed by atoms with Crippen molar-refractivity contribution < 1.29 is 4.79 Å². The third-order valence-electron chi connectivity index (χ3n) is 4.65. The minimum absolute atomic E-state index is 0.218. The molecule has 1 saturated carbocycles. The third-order valence-corrected chi connectivity index (χ3v) is 4.65. The van der Waals surface area contributed by atoms with Crippen molar-refractivity contribution in [1.82, 2.24) is 15.5 Å². The Morgan fingerprint density at radius 1 is 1.28 bits per heavy atom. The first-order chi connectivity index (χ1) is 8.61. The minimum Gasteiger partial charge on any atom is -0.352 e. The van der Waals surface area contributed by atoms with Gasteiger partial charge in [0.25, 0.3) is 0 Å². The molecule has 0 atom stereocenters. The van der Waals surface area contributed by atoms with Gasteiger partial charge in [-0.2, -0.15) is 0 Å². The van der Waals surface area contributed by atoms with Gasteiger partial charge in [0.15, 0.2) is 0 Å². The SMILES string of the molecule is CNC1(C)CCN(CC(=O)NC2CCCC2)CC1. The smallest absolute Gasteiger partial charge is 0.234 e. The molecule has 2 N–H and O–H groups in total. The van der Waals surface area contributed by atoms with Gasteiger partial charge in [0, 0.05) is 24.7 Å². The lowest BCUT2D eigenvalue weighted by molar-refractivity contribution is -0.123. The van der Waals surface area contributed by atoms with Gasteiger partial charge in [-0.3, -0.25) is 9.69 Å². The van der Waals surface area contributed by atoms with Crippen LogP contribution in [-0.4, -0.2) is 49.1 Å². The topological polar surface area (TPSA) is 44.4 Å². The summed E-state index contributed by atoms with van der Waals surface area (Å²) < 4.78 is 0. The lowest BCUT2D eigenvalue weighted by atomic mass is 9.90. The summed E-state index contributed by atoms with van der Waals surface area (Å²) in [5.74, 6) is 0.218. The van der Waals surface area contributed by atoms with Gasteiger partial charge in [-0.15, -0.1) is 0 Å². The highest BCUT2D eigenvalue weighted by molar-refractivity contribution is 5.78. The van der Waals surface area contributed by atoms with E-state index in [1.54, 1.807) is 0 Å². The van der Waals surface area contributed by atoms with Gasteiger partial charge in [-0.25, -0.2) is 0 Å². The molecular formula is C14H27N3O. The van der Waals surface area contributed by atoms with Gasteiger partial charge in [-0.1, -0.05) is 12.8 Å². The second-order valence-corrected chi connectivity index (χ2v) is 6.14. The lowest BCUT2D eigenvalue weighted by Gasteiger charge is -2.39. The summed E-state index contributed by atoms with van der Waals surface area (Å²) in [6.07, 6.45) is 7.14. The highest BCUT2D eigenvalue weighted by Crippen LogP contribution is 2.21. The number of amides is 1. The number of carbonyl (C=O) groups is 1. The zero-order chi connectivity index (χ0) is 13.0. The highest BCUT2D eigenvalue weighted by Gasteiger charge is 2.29. The van der Waals surface area contributed by atoms with Crippen molar-refractivity contribution in [2.75, 3.05) is 26.7 Å². The Labute approximate surface area is 110 Å². The van der Waals surface area contributed by atoms with Crippen molar-refractivity contribution >= 4 is 5.91 Å². The van der Waals surface area contributed by atoms with Crippen LogP contribution in [0.4, 0.5) is 0 Å². The molecule has 0 unspecified atom stereocenters. The van der Waals surface area contributed by atoms with E-state index in [2.05, 4.69) is 22.5 Å². The van der Waals surface area contributed by atoms with Gasteiger partial charge in [0.1, 0.15) is 0 Å². The van der Waals surface area contributed by atoms with E-state index in [1.165, 1.54) is 25.7 Å². The molecule has 0 spiro atoms. The summed E-state index contributed by atoms with van der Waals surface area (Å²) in [6, 6.07) is 0.449. The maximum atomic E-state index is 11.9. The number of hydrogen-bond donors (Lipinski definition) is 2. The Kier molecular flexibility index (Phi) is 4.62. The highest BCUT2D eigenvalue weighted by atomic mass is 16.2. The molecule has 2 rings (SSSR count). The number of nitrogens with zero attached hydrogens (tertiary/aromatic N) is 1. The van der Waals surface area contributed by atoms with E-state index in [0.717, 1.165) is 25.9 Å². The fourth-order valence-corrected chi connectivity index (χ4v) is 3.00. The molecule has 2 fully saturated rings. The number of hydrogen-bond acceptors (Lipinski definition) is 3. The largest absolute Gasteiger partial charge is 0.352 e. The Balaban J connectivity index is 1.69. The number of carbonyl (C=O) groups excluding carboxylic acids is 1. The summed E-state index contributed by atoms with van der Waals surface area (Å²) >= 11 is 0. The lowest BCUT2D eigenvalue weighted by Crippen LogP contribution is -2.52. The zero-order valence-electron chi connectivity index (χ0n) is 11.8.